The van der Waals surface area contributed by atoms with Crippen molar-refractivity contribution < 1.29 is 18.5 Å². The molecule has 0 saturated carbocycles. The lowest BCUT2D eigenvalue weighted by atomic mass is 10.1. The van der Waals surface area contributed by atoms with Crippen LogP contribution in [0.5, 0.6) is 0 Å². The summed E-state index contributed by atoms with van der Waals surface area (Å²) in [6.07, 6.45) is 1.88. The Balaban J connectivity index is 2.23. The number of halogens is 2. The van der Waals surface area contributed by atoms with E-state index in [0.717, 1.165) is 19.4 Å². The Morgan fingerprint density at radius 3 is 2.81 bits per heavy atom. The van der Waals surface area contributed by atoms with Gasteiger partial charge in [-0.3, -0.25) is 14.9 Å². The monoisotopic (exact) mass is 299 g/mol. The molecule has 8 heteroatoms. The molecule has 0 spiro atoms. The van der Waals surface area contributed by atoms with Gasteiger partial charge in [-0.05, 0) is 25.5 Å². The molecule has 0 aliphatic carbocycles. The molecule has 1 saturated heterocycles. The van der Waals surface area contributed by atoms with Crippen molar-refractivity contribution in [2.45, 2.75) is 18.9 Å². The molecular formula is C13H15F2N3O3. The van der Waals surface area contributed by atoms with Crippen LogP contribution in [0.25, 0.3) is 0 Å². The normalized spacial score (nSPS) is 17.8. The van der Waals surface area contributed by atoms with E-state index in [4.69, 9.17) is 0 Å². The van der Waals surface area contributed by atoms with Crippen LogP contribution < -0.4 is 5.32 Å². The summed E-state index contributed by atoms with van der Waals surface area (Å²) in [4.78, 5) is 23.0. The third kappa shape index (κ3) is 3.33. The number of nitrogens with zero attached hydrogens (tertiary/aromatic N) is 2. The number of amides is 1. The van der Waals surface area contributed by atoms with Crippen LogP contribution in [0.15, 0.2) is 12.1 Å². The quantitative estimate of drug-likeness (QED) is 0.678. The molecule has 0 aromatic heterocycles. The van der Waals surface area contributed by atoms with Gasteiger partial charge in [0.05, 0.1) is 16.6 Å². The molecule has 114 valence electrons. The van der Waals surface area contributed by atoms with Gasteiger partial charge in [0.1, 0.15) is 5.82 Å². The number of benzene rings is 1. The summed E-state index contributed by atoms with van der Waals surface area (Å²) in [5.41, 5.74) is -1.66. The zero-order valence-corrected chi connectivity index (χ0v) is 11.4. The Hall–Kier alpha value is -2.09. The van der Waals surface area contributed by atoms with Crippen molar-refractivity contribution in [2.24, 2.45) is 0 Å². The first-order valence-electron chi connectivity index (χ1n) is 6.52. The molecule has 6 nitrogen and oxygen atoms in total. The predicted octanol–water partition coefficient (Wildman–Crippen LogP) is 1.70. The van der Waals surface area contributed by atoms with E-state index in [2.05, 4.69) is 5.32 Å². The maximum Gasteiger partial charge on any atom is 0.308 e. The van der Waals surface area contributed by atoms with E-state index >= 15 is 0 Å². The minimum Gasteiger partial charge on any atom is -0.340 e. The highest BCUT2D eigenvalue weighted by atomic mass is 19.1. The van der Waals surface area contributed by atoms with Gasteiger partial charge in [-0.15, -0.1) is 0 Å². The molecule has 1 unspecified atom stereocenters. The van der Waals surface area contributed by atoms with Crippen molar-refractivity contribution in [1.29, 1.82) is 0 Å². The second-order valence-corrected chi connectivity index (χ2v) is 5.02. The number of carbonyl (C=O) groups is 1. The first-order chi connectivity index (χ1) is 9.90. The highest BCUT2D eigenvalue weighted by Crippen LogP contribution is 2.23. The van der Waals surface area contributed by atoms with Gasteiger partial charge in [-0.2, -0.15) is 4.39 Å². The van der Waals surface area contributed by atoms with Crippen molar-refractivity contribution in [1.82, 2.24) is 10.2 Å². The largest absolute Gasteiger partial charge is 0.340 e. The van der Waals surface area contributed by atoms with Gasteiger partial charge in [-0.1, -0.05) is 0 Å². The summed E-state index contributed by atoms with van der Waals surface area (Å²) in [6.45, 7) is 1.19. The second kappa shape index (κ2) is 6.13. The van der Waals surface area contributed by atoms with Gasteiger partial charge in [-0.25, -0.2) is 4.39 Å². The molecule has 0 radical (unpaired) electrons. The minimum absolute atomic E-state index is 0.102. The van der Waals surface area contributed by atoms with Gasteiger partial charge in [0.15, 0.2) is 0 Å². The summed E-state index contributed by atoms with van der Waals surface area (Å²) < 4.78 is 27.3. The van der Waals surface area contributed by atoms with Crippen molar-refractivity contribution in [2.75, 3.05) is 20.1 Å². The fraction of sp³-hybridized carbons (Fsp3) is 0.462. The van der Waals surface area contributed by atoms with Gasteiger partial charge in [0.25, 0.3) is 5.91 Å². The number of hydrogen-bond acceptors (Lipinski definition) is 4. The molecule has 21 heavy (non-hydrogen) atoms. The average molecular weight is 299 g/mol. The van der Waals surface area contributed by atoms with Crippen LogP contribution in [0, 0.1) is 21.7 Å². The fourth-order valence-electron chi connectivity index (χ4n) is 2.39. The van der Waals surface area contributed by atoms with E-state index in [1.54, 1.807) is 0 Å². The molecule has 1 aromatic rings. The zero-order valence-electron chi connectivity index (χ0n) is 11.4. The minimum atomic E-state index is -1.31. The summed E-state index contributed by atoms with van der Waals surface area (Å²) in [6, 6.07) is 1.25. The number of nitro groups is 1. The predicted molar refractivity (Wildman–Crippen MR) is 71.0 cm³/mol. The van der Waals surface area contributed by atoms with Crippen LogP contribution >= 0.6 is 0 Å². The SMILES string of the molecule is CN(CC1CCCN1)C(=O)c1cc(F)cc([N+](=O)[O-])c1F. The lowest BCUT2D eigenvalue weighted by Crippen LogP contribution is -2.39. The molecule has 1 aliphatic heterocycles. The average Bonchev–Trinajstić information content (AvgIpc) is 2.92. The topological polar surface area (TPSA) is 75.5 Å². The van der Waals surface area contributed by atoms with Crippen molar-refractivity contribution in [3.05, 3.63) is 39.4 Å². The highest BCUT2D eigenvalue weighted by Gasteiger charge is 2.27. The van der Waals surface area contributed by atoms with Gasteiger partial charge >= 0.3 is 5.69 Å². The second-order valence-electron chi connectivity index (χ2n) is 5.02. The molecule has 1 aromatic carbocycles. The van der Waals surface area contributed by atoms with Crippen LogP contribution in [-0.4, -0.2) is 41.9 Å². The van der Waals surface area contributed by atoms with Crippen LogP contribution in [0.2, 0.25) is 0 Å². The molecular weight excluding hydrogens is 284 g/mol. The Labute approximate surface area is 119 Å². The van der Waals surface area contributed by atoms with E-state index in [0.29, 0.717) is 18.7 Å². The fourth-order valence-corrected chi connectivity index (χ4v) is 2.39. The summed E-state index contributed by atoms with van der Waals surface area (Å²) in [7, 11) is 1.46. The van der Waals surface area contributed by atoms with E-state index < -0.39 is 33.7 Å². The van der Waals surface area contributed by atoms with Crippen molar-refractivity contribution in [3.8, 4) is 0 Å². The molecule has 1 atom stereocenters. The molecule has 1 N–H and O–H groups in total. The van der Waals surface area contributed by atoms with Crippen molar-refractivity contribution in [3.63, 3.8) is 0 Å². The van der Waals surface area contributed by atoms with Crippen LogP contribution in [0.3, 0.4) is 0 Å². The number of rotatable bonds is 4. The van der Waals surface area contributed by atoms with E-state index in [1.807, 2.05) is 0 Å². The Bertz CT molecular complexity index is 574. The number of nitro benzene ring substituents is 1. The van der Waals surface area contributed by atoms with E-state index in [1.165, 1.54) is 11.9 Å². The summed E-state index contributed by atoms with van der Waals surface area (Å²) in [5, 5.41) is 13.8. The van der Waals surface area contributed by atoms with Crippen LogP contribution in [-0.2, 0) is 0 Å². The maximum atomic E-state index is 14.0. The van der Waals surface area contributed by atoms with E-state index in [-0.39, 0.29) is 6.04 Å². The number of likely N-dealkylation sites (N-methyl/N-ethyl adjacent to an activating group) is 1. The number of carbonyl (C=O) groups excluding carboxylic acids is 1. The Morgan fingerprint density at radius 2 is 2.24 bits per heavy atom. The molecule has 0 bridgehead atoms. The van der Waals surface area contributed by atoms with Gasteiger partial charge in [0, 0.05) is 19.6 Å². The third-order valence-corrected chi connectivity index (χ3v) is 3.45. The van der Waals surface area contributed by atoms with Gasteiger partial charge in [0.2, 0.25) is 5.82 Å². The zero-order chi connectivity index (χ0) is 15.6. The third-order valence-electron chi connectivity index (χ3n) is 3.45. The number of nitrogens with one attached hydrogen (secondary N) is 1. The smallest absolute Gasteiger partial charge is 0.308 e. The molecule has 2 rings (SSSR count). The highest BCUT2D eigenvalue weighted by molar-refractivity contribution is 5.95. The maximum absolute atomic E-state index is 14.0. The first kappa shape index (κ1) is 15.3. The van der Waals surface area contributed by atoms with Crippen LogP contribution in [0.4, 0.5) is 14.5 Å². The van der Waals surface area contributed by atoms with Crippen LogP contribution in [0.1, 0.15) is 23.2 Å². The van der Waals surface area contributed by atoms with Crippen molar-refractivity contribution >= 4 is 11.6 Å². The lowest BCUT2D eigenvalue weighted by molar-refractivity contribution is -0.387. The van der Waals surface area contributed by atoms with E-state index in [9.17, 15) is 23.7 Å². The number of hydrogen-bond donors (Lipinski definition) is 1. The molecule has 1 amide bonds. The molecule has 1 aliphatic rings. The standard InChI is InChI=1S/C13H15F2N3O3/c1-17(7-9-3-2-4-16-9)13(19)10-5-8(14)6-11(12(10)15)18(20)21/h5-6,9,16H,2-4,7H2,1H3. The summed E-state index contributed by atoms with van der Waals surface area (Å²) >= 11 is 0. The van der Waals surface area contributed by atoms with Gasteiger partial charge < -0.3 is 10.2 Å². The Kier molecular flexibility index (Phi) is 4.46. The molecule has 1 fully saturated rings. The lowest BCUT2D eigenvalue weighted by Gasteiger charge is -2.21. The Morgan fingerprint density at radius 1 is 1.52 bits per heavy atom. The summed E-state index contributed by atoms with van der Waals surface area (Å²) in [5.74, 6) is -3.10. The molecule has 1 heterocycles. The first-order valence-corrected chi connectivity index (χ1v) is 6.52.